The Morgan fingerprint density at radius 2 is 2.00 bits per heavy atom. The predicted molar refractivity (Wildman–Crippen MR) is 74.0 cm³/mol. The molecule has 0 radical (unpaired) electrons. The first kappa shape index (κ1) is 12.4. The molecule has 1 heterocycles. The number of nitrogens with zero attached hydrogens (tertiary/aromatic N) is 1. The molecule has 3 heteroatoms. The first-order valence-corrected chi connectivity index (χ1v) is 7.09. The minimum absolute atomic E-state index is 0.197. The zero-order valence-electron chi connectivity index (χ0n) is 9.89. The van der Waals surface area contributed by atoms with Gasteiger partial charge < -0.3 is 0 Å². The van der Waals surface area contributed by atoms with Crippen LogP contribution in [-0.4, -0.2) is 23.1 Å². The maximum atomic E-state index is 11.9. The lowest BCUT2D eigenvalue weighted by Gasteiger charge is -2.03. The molecule has 1 aromatic rings. The van der Waals surface area contributed by atoms with E-state index in [9.17, 15) is 4.79 Å². The molecule has 90 valence electrons. The summed E-state index contributed by atoms with van der Waals surface area (Å²) >= 11 is 1.61. The van der Waals surface area contributed by atoms with Gasteiger partial charge in [-0.15, -0.1) is 11.8 Å². The fraction of sp³-hybridized carbons (Fsp3) is 0.429. The maximum Gasteiger partial charge on any atom is 0.173 e. The highest BCUT2D eigenvalue weighted by molar-refractivity contribution is 8.14. The normalized spacial score (nSPS) is 16.1. The van der Waals surface area contributed by atoms with Crippen molar-refractivity contribution in [2.75, 3.05) is 12.3 Å². The van der Waals surface area contributed by atoms with Gasteiger partial charge in [-0.3, -0.25) is 9.79 Å². The van der Waals surface area contributed by atoms with Crippen LogP contribution < -0.4 is 0 Å². The average Bonchev–Trinajstić information content (AvgIpc) is 2.65. The molecule has 0 spiro atoms. The van der Waals surface area contributed by atoms with Gasteiger partial charge in [0.2, 0.25) is 0 Å². The monoisotopic (exact) mass is 247 g/mol. The fourth-order valence-corrected chi connectivity index (χ4v) is 2.76. The van der Waals surface area contributed by atoms with Crippen molar-refractivity contribution in [3.8, 4) is 0 Å². The van der Waals surface area contributed by atoms with Gasteiger partial charge in [-0.25, -0.2) is 0 Å². The summed E-state index contributed by atoms with van der Waals surface area (Å²) in [7, 11) is 0. The number of carbonyl (C=O) groups is 1. The standard InChI is InChI=1S/C14H17NOS/c16-13(12-7-3-1-4-8-12)11-17-14-9-5-2-6-10-15-14/h1,3-4,7-8H,2,5-6,9-11H2. The van der Waals surface area contributed by atoms with Crippen molar-refractivity contribution in [3.05, 3.63) is 35.9 Å². The van der Waals surface area contributed by atoms with Gasteiger partial charge in [-0.2, -0.15) is 0 Å². The second-order valence-corrected chi connectivity index (χ2v) is 5.21. The van der Waals surface area contributed by atoms with E-state index in [1.165, 1.54) is 19.3 Å². The number of benzene rings is 1. The van der Waals surface area contributed by atoms with E-state index < -0.39 is 0 Å². The molecule has 1 aromatic carbocycles. The molecule has 17 heavy (non-hydrogen) atoms. The molecule has 2 nitrogen and oxygen atoms in total. The van der Waals surface area contributed by atoms with Crippen molar-refractivity contribution < 1.29 is 4.79 Å². The molecule has 0 fully saturated rings. The quantitative estimate of drug-likeness (QED) is 0.764. The van der Waals surface area contributed by atoms with Gasteiger partial charge in [0, 0.05) is 12.1 Å². The summed E-state index contributed by atoms with van der Waals surface area (Å²) in [5.74, 6) is 0.714. The second kappa shape index (κ2) is 6.60. The molecule has 0 N–H and O–H groups in total. The van der Waals surface area contributed by atoms with Gasteiger partial charge in [0.05, 0.1) is 10.8 Å². The number of hydrogen-bond acceptors (Lipinski definition) is 3. The Labute approximate surface area is 107 Å². The maximum absolute atomic E-state index is 11.9. The van der Waals surface area contributed by atoms with Crippen molar-refractivity contribution in [1.29, 1.82) is 0 Å². The smallest absolute Gasteiger partial charge is 0.173 e. The van der Waals surface area contributed by atoms with Crippen LogP contribution in [-0.2, 0) is 0 Å². The van der Waals surface area contributed by atoms with Crippen molar-refractivity contribution in [2.45, 2.75) is 25.7 Å². The van der Waals surface area contributed by atoms with E-state index >= 15 is 0 Å². The molecule has 2 rings (SSSR count). The van der Waals surface area contributed by atoms with E-state index in [2.05, 4.69) is 4.99 Å². The summed E-state index contributed by atoms with van der Waals surface area (Å²) in [5, 5.41) is 1.16. The molecule has 0 saturated carbocycles. The van der Waals surface area contributed by atoms with Gasteiger partial charge in [0.1, 0.15) is 0 Å². The average molecular weight is 247 g/mol. The first-order chi connectivity index (χ1) is 8.36. The molecular weight excluding hydrogens is 230 g/mol. The lowest BCUT2D eigenvalue weighted by Crippen LogP contribution is -2.05. The summed E-state index contributed by atoms with van der Waals surface area (Å²) in [6.07, 6.45) is 4.72. The van der Waals surface area contributed by atoms with Crippen LogP contribution >= 0.6 is 11.8 Å². The predicted octanol–water partition coefficient (Wildman–Crippen LogP) is 3.58. The molecule has 1 aliphatic rings. The number of hydrogen-bond donors (Lipinski definition) is 0. The fourth-order valence-electron chi connectivity index (χ4n) is 1.82. The van der Waals surface area contributed by atoms with Crippen LogP contribution in [0.15, 0.2) is 35.3 Å². The third kappa shape index (κ3) is 4.00. The zero-order chi connectivity index (χ0) is 11.9. The Balaban J connectivity index is 1.85. The van der Waals surface area contributed by atoms with Crippen molar-refractivity contribution in [2.24, 2.45) is 4.99 Å². The number of ketones is 1. The topological polar surface area (TPSA) is 29.4 Å². The zero-order valence-corrected chi connectivity index (χ0v) is 10.7. The highest BCUT2D eigenvalue weighted by Crippen LogP contribution is 2.17. The molecule has 0 bridgehead atoms. The molecule has 0 unspecified atom stereocenters. The third-order valence-corrected chi connectivity index (χ3v) is 3.88. The summed E-state index contributed by atoms with van der Waals surface area (Å²) in [6, 6.07) is 9.48. The summed E-state index contributed by atoms with van der Waals surface area (Å²) in [5.41, 5.74) is 0.800. The SMILES string of the molecule is O=C(CSC1=NCCCCC1)c1ccccc1. The molecule has 0 saturated heterocycles. The van der Waals surface area contributed by atoms with Crippen LogP contribution in [0.5, 0.6) is 0 Å². The molecule has 1 aliphatic heterocycles. The van der Waals surface area contributed by atoms with Crippen LogP contribution in [0.1, 0.15) is 36.0 Å². The van der Waals surface area contributed by atoms with Gasteiger partial charge >= 0.3 is 0 Å². The molecule has 0 aromatic heterocycles. The van der Waals surface area contributed by atoms with Crippen LogP contribution in [0, 0.1) is 0 Å². The van der Waals surface area contributed by atoms with Gasteiger partial charge in [-0.1, -0.05) is 36.8 Å². The van der Waals surface area contributed by atoms with Crippen LogP contribution in [0.4, 0.5) is 0 Å². The number of aliphatic imine (C=N–C) groups is 1. The van der Waals surface area contributed by atoms with E-state index in [4.69, 9.17) is 0 Å². The summed E-state index contributed by atoms with van der Waals surface area (Å²) in [6.45, 7) is 0.932. The van der Waals surface area contributed by atoms with Crippen LogP contribution in [0.25, 0.3) is 0 Å². The molecule has 0 aliphatic carbocycles. The minimum Gasteiger partial charge on any atom is -0.293 e. The van der Waals surface area contributed by atoms with E-state index in [0.717, 1.165) is 23.6 Å². The van der Waals surface area contributed by atoms with Gasteiger partial charge in [-0.05, 0) is 19.3 Å². The Hall–Kier alpha value is -1.09. The number of thioether (sulfide) groups is 1. The molecule has 0 amide bonds. The van der Waals surface area contributed by atoms with Crippen LogP contribution in [0.3, 0.4) is 0 Å². The Kier molecular flexibility index (Phi) is 4.80. The van der Waals surface area contributed by atoms with E-state index in [-0.39, 0.29) is 5.78 Å². The molecule has 0 atom stereocenters. The van der Waals surface area contributed by atoms with E-state index in [0.29, 0.717) is 5.75 Å². The highest BCUT2D eigenvalue weighted by atomic mass is 32.2. The number of carbonyl (C=O) groups excluding carboxylic acids is 1. The minimum atomic E-state index is 0.197. The van der Waals surface area contributed by atoms with Crippen molar-refractivity contribution in [1.82, 2.24) is 0 Å². The Morgan fingerprint density at radius 1 is 1.18 bits per heavy atom. The number of rotatable bonds is 3. The first-order valence-electron chi connectivity index (χ1n) is 6.10. The lowest BCUT2D eigenvalue weighted by atomic mass is 10.2. The Morgan fingerprint density at radius 3 is 2.82 bits per heavy atom. The number of Topliss-reactive ketones (excluding diaryl/α,β-unsaturated/α-hetero) is 1. The largest absolute Gasteiger partial charge is 0.293 e. The second-order valence-electron chi connectivity index (χ2n) is 4.16. The third-order valence-electron chi connectivity index (χ3n) is 2.80. The summed E-state index contributed by atoms with van der Waals surface area (Å²) < 4.78 is 0. The van der Waals surface area contributed by atoms with Crippen molar-refractivity contribution >= 4 is 22.6 Å². The summed E-state index contributed by atoms with van der Waals surface area (Å²) in [4.78, 5) is 16.4. The molecular formula is C14H17NOS. The lowest BCUT2D eigenvalue weighted by molar-refractivity contribution is 0.102. The Bertz CT molecular complexity index is 400. The van der Waals surface area contributed by atoms with E-state index in [1.54, 1.807) is 11.8 Å². The van der Waals surface area contributed by atoms with E-state index in [1.807, 2.05) is 30.3 Å². The van der Waals surface area contributed by atoms with Gasteiger partial charge in [0.25, 0.3) is 0 Å². The highest BCUT2D eigenvalue weighted by Gasteiger charge is 2.09. The van der Waals surface area contributed by atoms with Crippen LogP contribution in [0.2, 0.25) is 0 Å². The van der Waals surface area contributed by atoms with Gasteiger partial charge in [0.15, 0.2) is 5.78 Å². The van der Waals surface area contributed by atoms with Crippen molar-refractivity contribution in [3.63, 3.8) is 0 Å².